The summed E-state index contributed by atoms with van der Waals surface area (Å²) in [6.45, 7) is 18.5. The van der Waals surface area contributed by atoms with Crippen LogP contribution in [0, 0.1) is 23.7 Å². The molecule has 596 valence electrons. The van der Waals surface area contributed by atoms with E-state index in [0.717, 1.165) is 40.5 Å². The number of pyridine rings is 1. The lowest BCUT2D eigenvalue weighted by Gasteiger charge is -2.41. The number of ether oxygens (including phenoxy) is 5. The molecule has 2 aliphatic rings. The van der Waals surface area contributed by atoms with Gasteiger partial charge < -0.3 is 78.8 Å². The summed E-state index contributed by atoms with van der Waals surface area (Å²) in [7, 11) is 4.71. The number of methoxy groups -OCH3 is 2. The first kappa shape index (κ1) is 88.0. The molecule has 4 heterocycles. The number of aryl methyl sites for hydroxylation is 1. The van der Waals surface area contributed by atoms with Gasteiger partial charge in [0, 0.05) is 117 Å². The fraction of sp³-hybridized carbons (Fsp3) is 0.640. The van der Waals surface area contributed by atoms with Gasteiger partial charge in [-0.05, 0) is 98.9 Å². The number of hydrogen-bond donors (Lipinski definition) is 8. The first-order valence-electron chi connectivity index (χ1n) is 37.1. The first-order valence-corrected chi connectivity index (χ1v) is 38.5. The van der Waals surface area contributed by atoms with Crippen LogP contribution in [0.25, 0.3) is 11.0 Å². The van der Waals surface area contributed by atoms with Gasteiger partial charge in [-0.1, -0.05) is 91.3 Å². The Bertz CT molecular complexity index is 3640. The van der Waals surface area contributed by atoms with Gasteiger partial charge in [-0.2, -0.15) is 8.42 Å². The largest absolute Gasteiger partial charge is 0.446 e. The predicted molar refractivity (Wildman–Crippen MR) is 402 cm³/mol. The highest BCUT2D eigenvalue weighted by Crippen LogP contribution is 2.32. The highest BCUT2D eigenvalue weighted by atomic mass is 32.3. The molecular formula is C75H117N13O18S. The second kappa shape index (κ2) is 43.3. The topological polar surface area (TPSA) is 373 Å². The standard InChI is InChI=1S/C75H117N13O18S/c1-15-50(6)68(61(101-13)45-65(92)88-35-20-24-59(88)70(102-14)51(7)72(94)80-52(8)69(93)54-21-17-16-18-22-54)84(11)74(96)66(48(2)3)82-73(95)67(49(4)5)85(12)75(97)105-47-53-25-26-60(106-107(98,99)100)58(43-53)81-63(90)27-33-78-62(89)31-39-103-41-42-104-40-34-77-56-28-36-86(37-29-56)64(91)30-38-87-57(46-83(10)76-9)44-55-23-19-32-79-71(55)87/h16-19,21-23,25-26,32,43-44,48-52,56,59,61,66-70,76-77,93H,15,20,24,27-31,33-42,45-47H2,1-14H3,(H,78,89)(H,80,94)(H,81,90)(H,82,95)(H,98,99,100)/t50-,51+,52+,59-,61+,66-,67-,68-,69+,70+/m0/s1. The van der Waals surface area contributed by atoms with Crippen molar-refractivity contribution in [1.82, 2.24) is 60.9 Å². The number of hydrogen-bond acceptors (Lipinski definition) is 21. The van der Waals surface area contributed by atoms with Crippen molar-refractivity contribution in [3.8, 4) is 5.75 Å². The highest BCUT2D eigenvalue weighted by Gasteiger charge is 2.44. The van der Waals surface area contributed by atoms with Crippen LogP contribution in [0.2, 0.25) is 0 Å². The molecule has 0 aliphatic carbocycles. The Morgan fingerprint density at radius 2 is 1.45 bits per heavy atom. The molecule has 107 heavy (non-hydrogen) atoms. The molecule has 0 radical (unpaired) electrons. The van der Waals surface area contributed by atoms with Crippen molar-refractivity contribution in [2.75, 3.05) is 107 Å². The van der Waals surface area contributed by atoms with E-state index in [2.05, 4.69) is 47.6 Å². The second-order valence-electron chi connectivity index (χ2n) is 28.4. The van der Waals surface area contributed by atoms with Gasteiger partial charge in [0.05, 0.1) is 87.4 Å². The van der Waals surface area contributed by atoms with Crippen molar-refractivity contribution in [2.24, 2.45) is 23.7 Å². The van der Waals surface area contributed by atoms with E-state index in [4.69, 9.17) is 27.9 Å². The molecular weight excluding hydrogens is 1400 g/mol. The third kappa shape index (κ3) is 26.4. The quantitative estimate of drug-likeness (QED) is 0.0160. The summed E-state index contributed by atoms with van der Waals surface area (Å²) in [6, 6.07) is 15.0. The minimum Gasteiger partial charge on any atom is -0.445 e. The van der Waals surface area contributed by atoms with Gasteiger partial charge >= 0.3 is 16.5 Å². The number of rotatable bonds is 44. The summed E-state index contributed by atoms with van der Waals surface area (Å²) >= 11 is 0. The molecule has 0 saturated carbocycles. The number of amides is 8. The Hall–Kier alpha value is -7.92. The number of aliphatic hydroxyl groups is 1. The number of nitrogens with one attached hydrogen (secondary N) is 6. The lowest BCUT2D eigenvalue weighted by Crippen LogP contribution is -2.60. The fourth-order valence-corrected chi connectivity index (χ4v) is 14.2. The van der Waals surface area contributed by atoms with Crippen molar-refractivity contribution < 1.29 is 84.3 Å². The van der Waals surface area contributed by atoms with Crippen molar-refractivity contribution in [3.63, 3.8) is 0 Å². The molecule has 31 nitrogen and oxygen atoms in total. The average Bonchev–Trinajstić information content (AvgIpc) is 1.36. The summed E-state index contributed by atoms with van der Waals surface area (Å²) < 4.78 is 69.1. The Labute approximate surface area is 630 Å². The Balaban J connectivity index is 0.919. The Kier molecular flexibility index (Phi) is 35.6. The van der Waals surface area contributed by atoms with Crippen molar-refractivity contribution in [2.45, 2.75) is 187 Å². The number of aromatic nitrogens is 2. The van der Waals surface area contributed by atoms with E-state index in [-0.39, 0.29) is 80.0 Å². The van der Waals surface area contributed by atoms with Gasteiger partial charge in [0.15, 0.2) is 5.75 Å². The zero-order valence-electron chi connectivity index (χ0n) is 64.7. The van der Waals surface area contributed by atoms with Crippen LogP contribution in [0.4, 0.5) is 10.5 Å². The molecule has 0 bridgehead atoms. The van der Waals surface area contributed by atoms with Crippen LogP contribution in [0.15, 0.2) is 72.9 Å². The number of benzene rings is 2. The highest BCUT2D eigenvalue weighted by molar-refractivity contribution is 7.81. The molecule has 2 aromatic carbocycles. The van der Waals surface area contributed by atoms with E-state index in [0.29, 0.717) is 83.7 Å². The van der Waals surface area contributed by atoms with Crippen LogP contribution in [-0.2, 0) is 87.3 Å². The normalized spacial score (nSPS) is 16.8. The minimum atomic E-state index is -5.08. The Morgan fingerprint density at radius 1 is 0.748 bits per heavy atom. The number of likely N-dealkylation sites (N-methyl/N-ethyl adjacent to an activating group) is 2. The van der Waals surface area contributed by atoms with Gasteiger partial charge in [0.1, 0.15) is 24.3 Å². The summed E-state index contributed by atoms with van der Waals surface area (Å²) in [4.78, 5) is 121. The molecule has 4 aromatic rings. The molecule has 8 amide bonds. The lowest BCUT2D eigenvalue weighted by molar-refractivity contribution is -0.148. The van der Waals surface area contributed by atoms with Crippen LogP contribution < -0.4 is 36.2 Å². The maximum atomic E-state index is 14.8. The summed E-state index contributed by atoms with van der Waals surface area (Å²) in [5.41, 5.74) is 5.74. The summed E-state index contributed by atoms with van der Waals surface area (Å²) in [6.07, 6.45) is 1.88. The summed E-state index contributed by atoms with van der Waals surface area (Å²) in [5, 5.41) is 28.5. The zero-order chi connectivity index (χ0) is 78.7. The number of hydrazine groups is 1. The van der Waals surface area contributed by atoms with Crippen LogP contribution in [-0.4, -0.2) is 250 Å². The van der Waals surface area contributed by atoms with E-state index in [1.165, 1.54) is 38.3 Å². The van der Waals surface area contributed by atoms with Crippen molar-refractivity contribution >= 4 is 74.6 Å². The van der Waals surface area contributed by atoms with Crippen LogP contribution in [0.1, 0.15) is 136 Å². The number of fused-ring (bicyclic) bond motifs is 1. The van der Waals surface area contributed by atoms with Gasteiger partial charge in [0.2, 0.25) is 41.4 Å². The molecule has 2 aromatic heterocycles. The van der Waals surface area contributed by atoms with Crippen molar-refractivity contribution in [3.05, 3.63) is 89.7 Å². The molecule has 2 fully saturated rings. The van der Waals surface area contributed by atoms with Gasteiger partial charge in [-0.25, -0.2) is 14.8 Å². The molecule has 2 saturated heterocycles. The summed E-state index contributed by atoms with van der Waals surface area (Å²) in [5.74, 6) is -5.02. The molecule has 0 unspecified atom stereocenters. The lowest BCUT2D eigenvalue weighted by atomic mass is 9.89. The molecule has 0 spiro atoms. The van der Waals surface area contributed by atoms with Gasteiger partial charge in [-0.15, -0.1) is 0 Å². The first-order chi connectivity index (χ1) is 50.9. The van der Waals surface area contributed by atoms with Crippen LogP contribution in [0.3, 0.4) is 0 Å². The SMILES string of the molecule is CC[C@H](C)[C@@H]([C@@H](CC(=O)N1CCC[C@H]1[C@H](OC)[C@@H](C)C(=O)N[C@H](C)[C@@H](O)c1ccccc1)OC)N(C)C(=O)[C@@H](NC(=O)[C@H](C(C)C)N(C)C(=O)OCc1ccc(OS(=O)(=O)O)c(NC(=O)CCNC(=O)CCOCCOCCNC2CCN(C(=O)CCn3c(CN(C)NC)cc4cccnc43)CC2)c1)C(C)C. The van der Waals surface area contributed by atoms with Gasteiger partial charge in [0.25, 0.3) is 0 Å². The zero-order valence-corrected chi connectivity index (χ0v) is 65.6. The maximum absolute atomic E-state index is 14.8. The number of likely N-dealkylation sites (tertiary alicyclic amines) is 2. The van der Waals surface area contributed by atoms with E-state index in [1.807, 2.05) is 68.2 Å². The number of piperidine rings is 1. The molecule has 8 N–H and O–H groups in total. The maximum Gasteiger partial charge on any atom is 0.446 e. The second-order valence-corrected chi connectivity index (χ2v) is 29.5. The third-order valence-electron chi connectivity index (χ3n) is 20.1. The van der Waals surface area contributed by atoms with Gasteiger partial charge in [-0.3, -0.25) is 48.4 Å². The van der Waals surface area contributed by atoms with E-state index in [9.17, 15) is 56.4 Å². The average molecular weight is 1520 g/mol. The predicted octanol–water partition coefficient (Wildman–Crippen LogP) is 5.22. The smallest absolute Gasteiger partial charge is 0.445 e. The molecule has 6 rings (SSSR count). The third-order valence-corrected chi connectivity index (χ3v) is 20.5. The van der Waals surface area contributed by atoms with E-state index >= 15 is 0 Å². The number of nitrogens with zero attached hydrogens (tertiary/aromatic N) is 7. The molecule has 32 heteroatoms. The van der Waals surface area contributed by atoms with E-state index in [1.54, 1.807) is 71.8 Å². The van der Waals surface area contributed by atoms with Crippen molar-refractivity contribution in [1.29, 1.82) is 0 Å². The molecule has 10 atom stereocenters. The monoisotopic (exact) mass is 1520 g/mol. The van der Waals surface area contributed by atoms with E-state index < -0.39 is 119 Å². The Morgan fingerprint density at radius 3 is 2.09 bits per heavy atom. The molecule has 2 aliphatic heterocycles. The van der Waals surface area contributed by atoms with Crippen LogP contribution in [0.5, 0.6) is 5.75 Å². The minimum absolute atomic E-state index is 0.00371. The van der Waals surface area contributed by atoms with Crippen LogP contribution >= 0.6 is 0 Å². The fourth-order valence-electron chi connectivity index (χ4n) is 13.9. The number of aliphatic hydroxyl groups excluding tert-OH is 1. The number of anilines is 1. The number of carbonyl (C=O) groups excluding carboxylic acids is 8. The number of carbonyl (C=O) groups is 8.